The molecule has 2 heterocycles. The third kappa shape index (κ3) is 2.45. The molecule has 0 amide bonds. The van der Waals surface area contributed by atoms with Gasteiger partial charge in [0, 0.05) is 0 Å². The van der Waals surface area contributed by atoms with Crippen LogP contribution in [0.5, 0.6) is 0 Å². The van der Waals surface area contributed by atoms with Gasteiger partial charge in [0.25, 0.3) is 0 Å². The molecule has 0 aliphatic rings. The Balaban J connectivity index is 2.13. The van der Waals surface area contributed by atoms with E-state index in [4.69, 9.17) is 9.52 Å². The minimum absolute atomic E-state index is 0.0602. The molecule has 0 aliphatic carbocycles. The Bertz CT molecular complexity index is 560. The molecule has 0 spiro atoms. The molecule has 7 nitrogen and oxygen atoms in total. The number of carboxylic acid groups (broad SMARTS) is 1. The van der Waals surface area contributed by atoms with E-state index in [1.165, 1.54) is 12.3 Å². The van der Waals surface area contributed by atoms with Crippen LogP contribution in [-0.4, -0.2) is 26.3 Å². The number of aryl methyl sites for hydroxylation is 2. The summed E-state index contributed by atoms with van der Waals surface area (Å²) in [5.41, 5.74) is 0.870. The standard InChI is InChI=1S/C11H12N4O3/c1-6-7(2)18-9(14-6)5-12-10-8(11(16)17)3-4-13-15-10/h3-4H,5H2,1-2H3,(H,12,15)(H,16,17). The molecule has 2 aromatic rings. The van der Waals surface area contributed by atoms with Gasteiger partial charge < -0.3 is 14.8 Å². The number of nitrogens with one attached hydrogen (secondary N) is 1. The lowest BCUT2D eigenvalue weighted by molar-refractivity contribution is 0.0697. The van der Waals surface area contributed by atoms with Gasteiger partial charge in [-0.15, -0.1) is 5.10 Å². The highest BCUT2D eigenvalue weighted by Crippen LogP contribution is 2.13. The number of aromatic nitrogens is 3. The van der Waals surface area contributed by atoms with Gasteiger partial charge in [-0.25, -0.2) is 9.78 Å². The molecule has 18 heavy (non-hydrogen) atoms. The number of anilines is 1. The maximum Gasteiger partial charge on any atom is 0.339 e. The Kier molecular flexibility index (Phi) is 3.22. The van der Waals surface area contributed by atoms with Gasteiger partial charge in [0.05, 0.1) is 18.4 Å². The van der Waals surface area contributed by atoms with Crippen molar-refractivity contribution in [3.05, 3.63) is 35.2 Å². The topological polar surface area (TPSA) is 101 Å². The van der Waals surface area contributed by atoms with Crippen LogP contribution in [-0.2, 0) is 6.54 Å². The second-order valence-corrected chi connectivity index (χ2v) is 3.70. The first-order valence-corrected chi connectivity index (χ1v) is 5.29. The zero-order chi connectivity index (χ0) is 13.1. The van der Waals surface area contributed by atoms with E-state index in [2.05, 4.69) is 20.5 Å². The first-order chi connectivity index (χ1) is 8.58. The van der Waals surface area contributed by atoms with Gasteiger partial charge in [0.15, 0.2) is 5.82 Å². The molecule has 2 N–H and O–H groups in total. The van der Waals surface area contributed by atoms with Crippen molar-refractivity contribution >= 4 is 11.8 Å². The van der Waals surface area contributed by atoms with E-state index in [-0.39, 0.29) is 17.9 Å². The van der Waals surface area contributed by atoms with Crippen molar-refractivity contribution < 1.29 is 14.3 Å². The fourth-order valence-corrected chi connectivity index (χ4v) is 1.41. The summed E-state index contributed by atoms with van der Waals surface area (Å²) in [7, 11) is 0. The zero-order valence-corrected chi connectivity index (χ0v) is 9.97. The normalized spacial score (nSPS) is 10.3. The highest BCUT2D eigenvalue weighted by Gasteiger charge is 2.12. The Morgan fingerprint density at radius 1 is 1.50 bits per heavy atom. The quantitative estimate of drug-likeness (QED) is 0.842. The molecule has 0 radical (unpaired) electrons. The van der Waals surface area contributed by atoms with Gasteiger partial charge in [-0.1, -0.05) is 0 Å². The lowest BCUT2D eigenvalue weighted by Gasteiger charge is -2.04. The largest absolute Gasteiger partial charge is 0.478 e. The summed E-state index contributed by atoms with van der Waals surface area (Å²) in [6, 6.07) is 1.38. The number of aromatic carboxylic acids is 1. The summed E-state index contributed by atoms with van der Waals surface area (Å²) in [6.07, 6.45) is 1.33. The van der Waals surface area contributed by atoms with Crippen molar-refractivity contribution in [3.8, 4) is 0 Å². The van der Waals surface area contributed by atoms with E-state index in [1.54, 1.807) is 0 Å². The average molecular weight is 248 g/mol. The van der Waals surface area contributed by atoms with Crippen LogP contribution in [0.3, 0.4) is 0 Å². The van der Waals surface area contributed by atoms with Crippen molar-refractivity contribution in [3.63, 3.8) is 0 Å². The number of rotatable bonds is 4. The Morgan fingerprint density at radius 3 is 2.89 bits per heavy atom. The van der Waals surface area contributed by atoms with Crippen molar-refractivity contribution in [2.45, 2.75) is 20.4 Å². The molecule has 0 saturated heterocycles. The number of carbonyl (C=O) groups is 1. The maximum atomic E-state index is 10.9. The average Bonchev–Trinajstić information content (AvgIpc) is 2.66. The third-order valence-corrected chi connectivity index (χ3v) is 2.43. The van der Waals surface area contributed by atoms with E-state index < -0.39 is 5.97 Å². The molecule has 2 rings (SSSR count). The smallest absolute Gasteiger partial charge is 0.339 e. The van der Waals surface area contributed by atoms with Gasteiger partial charge in [-0.3, -0.25) is 0 Å². The van der Waals surface area contributed by atoms with Crippen molar-refractivity contribution in [2.75, 3.05) is 5.32 Å². The molecule has 0 unspecified atom stereocenters. The van der Waals surface area contributed by atoms with E-state index in [0.717, 1.165) is 11.5 Å². The molecule has 94 valence electrons. The predicted molar refractivity (Wildman–Crippen MR) is 62.3 cm³/mol. The Labute approximate surface area is 103 Å². The van der Waals surface area contributed by atoms with Crippen LogP contribution in [0, 0.1) is 13.8 Å². The molecule has 0 saturated carbocycles. The van der Waals surface area contributed by atoms with Crippen LogP contribution >= 0.6 is 0 Å². The molecule has 0 bridgehead atoms. The highest BCUT2D eigenvalue weighted by molar-refractivity contribution is 5.92. The van der Waals surface area contributed by atoms with E-state index in [1.807, 2.05) is 13.8 Å². The van der Waals surface area contributed by atoms with Crippen molar-refractivity contribution in [1.82, 2.24) is 15.2 Å². The lowest BCUT2D eigenvalue weighted by atomic mass is 10.3. The van der Waals surface area contributed by atoms with Gasteiger partial charge in [0.2, 0.25) is 5.89 Å². The fourth-order valence-electron chi connectivity index (χ4n) is 1.41. The highest BCUT2D eigenvalue weighted by atomic mass is 16.4. The fraction of sp³-hybridized carbons (Fsp3) is 0.273. The number of hydrogen-bond donors (Lipinski definition) is 2. The predicted octanol–water partition coefficient (Wildman–Crippen LogP) is 1.39. The van der Waals surface area contributed by atoms with Crippen molar-refractivity contribution in [1.29, 1.82) is 0 Å². The number of nitrogens with zero attached hydrogens (tertiary/aromatic N) is 3. The van der Waals surface area contributed by atoms with Crippen LogP contribution in [0.2, 0.25) is 0 Å². The minimum Gasteiger partial charge on any atom is -0.478 e. The third-order valence-electron chi connectivity index (χ3n) is 2.43. The molecule has 2 aromatic heterocycles. The molecule has 0 atom stereocenters. The molecular formula is C11H12N4O3. The van der Waals surface area contributed by atoms with Crippen LogP contribution in [0.4, 0.5) is 5.82 Å². The van der Waals surface area contributed by atoms with Crippen LogP contribution in [0.15, 0.2) is 16.7 Å². The maximum absolute atomic E-state index is 10.9. The number of oxazole rings is 1. The number of hydrogen-bond acceptors (Lipinski definition) is 6. The van der Waals surface area contributed by atoms with Crippen LogP contribution in [0.1, 0.15) is 27.7 Å². The van der Waals surface area contributed by atoms with Crippen molar-refractivity contribution in [2.24, 2.45) is 0 Å². The second kappa shape index (κ2) is 4.82. The zero-order valence-electron chi connectivity index (χ0n) is 9.97. The van der Waals surface area contributed by atoms with E-state index in [0.29, 0.717) is 5.89 Å². The first kappa shape index (κ1) is 12.0. The summed E-state index contributed by atoms with van der Waals surface area (Å²) in [5.74, 6) is 0.349. The lowest BCUT2D eigenvalue weighted by Crippen LogP contribution is -2.09. The molecular weight excluding hydrogens is 236 g/mol. The van der Waals surface area contributed by atoms with Gasteiger partial charge in [-0.05, 0) is 19.9 Å². The SMILES string of the molecule is Cc1nc(CNc2nnccc2C(=O)O)oc1C. The Hall–Kier alpha value is -2.44. The Morgan fingerprint density at radius 2 is 2.28 bits per heavy atom. The van der Waals surface area contributed by atoms with Gasteiger partial charge in [-0.2, -0.15) is 5.10 Å². The van der Waals surface area contributed by atoms with Gasteiger partial charge in [0.1, 0.15) is 11.3 Å². The van der Waals surface area contributed by atoms with Crippen LogP contribution < -0.4 is 5.32 Å². The monoisotopic (exact) mass is 248 g/mol. The molecule has 7 heteroatoms. The minimum atomic E-state index is -1.06. The first-order valence-electron chi connectivity index (χ1n) is 5.29. The summed E-state index contributed by atoms with van der Waals surface area (Å²) in [5, 5.41) is 19.2. The van der Waals surface area contributed by atoms with E-state index >= 15 is 0 Å². The van der Waals surface area contributed by atoms with Crippen LogP contribution in [0.25, 0.3) is 0 Å². The summed E-state index contributed by atoms with van der Waals surface area (Å²) in [4.78, 5) is 15.1. The summed E-state index contributed by atoms with van der Waals surface area (Å²) < 4.78 is 5.37. The summed E-state index contributed by atoms with van der Waals surface area (Å²) >= 11 is 0. The second-order valence-electron chi connectivity index (χ2n) is 3.70. The molecule has 0 aromatic carbocycles. The molecule has 0 aliphatic heterocycles. The van der Waals surface area contributed by atoms with Gasteiger partial charge >= 0.3 is 5.97 Å². The van der Waals surface area contributed by atoms with E-state index in [9.17, 15) is 4.79 Å². The molecule has 0 fully saturated rings. The number of carboxylic acids is 1. The summed E-state index contributed by atoms with van der Waals surface area (Å²) in [6.45, 7) is 3.91.